The summed E-state index contributed by atoms with van der Waals surface area (Å²) in [4.78, 5) is 1.49. The molecule has 0 fully saturated rings. The van der Waals surface area contributed by atoms with E-state index in [4.69, 9.17) is 5.11 Å². The molecule has 0 saturated heterocycles. The van der Waals surface area contributed by atoms with E-state index in [1.54, 1.807) is 0 Å². The largest absolute Gasteiger partial charge is 0.396 e. The molecule has 0 bridgehead atoms. The zero-order valence-electron chi connectivity index (χ0n) is 5.78. The van der Waals surface area contributed by atoms with Crippen LogP contribution >= 0.6 is 0 Å². The Labute approximate surface area is 51.1 Å². The maximum Gasteiger partial charge on any atom is 0.0791 e. The number of nitrogens with one attached hydrogen (secondary N) is 1. The molecule has 0 aliphatic carbocycles. The predicted octanol–water partition coefficient (Wildman–Crippen LogP) is -1.10. The van der Waals surface area contributed by atoms with Crippen molar-refractivity contribution in [3.8, 4) is 0 Å². The van der Waals surface area contributed by atoms with Crippen LogP contribution < -0.4 is 4.90 Å². The predicted molar refractivity (Wildman–Crippen MR) is 34.0 cm³/mol. The van der Waals surface area contributed by atoms with Crippen molar-refractivity contribution >= 4 is 0 Å². The third-order valence-corrected chi connectivity index (χ3v) is 1.37. The lowest BCUT2D eigenvalue weighted by Crippen LogP contribution is -3.08. The molecule has 50 valence electrons. The van der Waals surface area contributed by atoms with Crippen molar-refractivity contribution in [1.82, 2.24) is 0 Å². The van der Waals surface area contributed by atoms with Crippen molar-refractivity contribution < 1.29 is 10.0 Å². The minimum atomic E-state index is 0.331. The van der Waals surface area contributed by atoms with Gasteiger partial charge >= 0.3 is 0 Å². The lowest BCUT2D eigenvalue weighted by atomic mass is 10.4. The first-order chi connectivity index (χ1) is 3.81. The maximum absolute atomic E-state index is 8.40. The van der Waals surface area contributed by atoms with Crippen molar-refractivity contribution in [1.29, 1.82) is 0 Å². The molecule has 1 atom stereocenters. The average molecular weight is 118 g/mol. The highest BCUT2D eigenvalue weighted by Gasteiger charge is 1.93. The van der Waals surface area contributed by atoms with Gasteiger partial charge in [0.1, 0.15) is 0 Å². The number of hydrogen-bond donors (Lipinski definition) is 2. The molecule has 2 N–H and O–H groups in total. The van der Waals surface area contributed by atoms with Crippen LogP contribution in [-0.2, 0) is 0 Å². The highest BCUT2D eigenvalue weighted by molar-refractivity contribution is 4.25. The number of quaternary nitrogens is 1. The number of rotatable bonds is 4. The van der Waals surface area contributed by atoms with Crippen LogP contribution in [0.1, 0.15) is 13.3 Å². The van der Waals surface area contributed by atoms with Gasteiger partial charge in [0.2, 0.25) is 0 Å². The molecule has 0 aliphatic rings. The first kappa shape index (κ1) is 7.92. The second kappa shape index (κ2) is 5.06. The van der Waals surface area contributed by atoms with E-state index in [1.807, 2.05) is 0 Å². The summed E-state index contributed by atoms with van der Waals surface area (Å²) in [5.74, 6) is 0. The standard InChI is InChI=1S/C6H15NO/c1-3-7(2)5-4-6-8/h8H,3-6H2,1-2H3/p+1. The molecule has 0 amide bonds. The van der Waals surface area contributed by atoms with Crippen LogP contribution in [0.5, 0.6) is 0 Å². The molecule has 0 spiro atoms. The highest BCUT2D eigenvalue weighted by Crippen LogP contribution is 1.63. The van der Waals surface area contributed by atoms with Crippen molar-refractivity contribution in [2.24, 2.45) is 0 Å². The topological polar surface area (TPSA) is 24.7 Å². The van der Waals surface area contributed by atoms with Gasteiger partial charge < -0.3 is 10.0 Å². The summed E-state index contributed by atoms with van der Waals surface area (Å²) in [6.45, 7) is 4.72. The third-order valence-electron chi connectivity index (χ3n) is 1.37. The fourth-order valence-corrected chi connectivity index (χ4v) is 0.558. The van der Waals surface area contributed by atoms with Crippen LogP contribution in [-0.4, -0.2) is 31.9 Å². The zero-order chi connectivity index (χ0) is 6.41. The lowest BCUT2D eigenvalue weighted by Gasteiger charge is -2.08. The van der Waals surface area contributed by atoms with Crippen LogP contribution in [0, 0.1) is 0 Å². The molecule has 0 aliphatic heterocycles. The van der Waals surface area contributed by atoms with Crippen molar-refractivity contribution in [3.63, 3.8) is 0 Å². The summed E-state index contributed by atoms with van der Waals surface area (Å²) in [5.41, 5.74) is 0. The molecular formula is C6H16NO+. The van der Waals surface area contributed by atoms with E-state index in [9.17, 15) is 0 Å². The summed E-state index contributed by atoms with van der Waals surface area (Å²) < 4.78 is 0. The van der Waals surface area contributed by atoms with Gasteiger partial charge in [-0.1, -0.05) is 0 Å². The zero-order valence-corrected chi connectivity index (χ0v) is 5.78. The number of hydrogen-bond acceptors (Lipinski definition) is 1. The van der Waals surface area contributed by atoms with E-state index in [0.717, 1.165) is 19.5 Å². The third kappa shape index (κ3) is 4.09. The SMILES string of the molecule is CC[NH+](C)CCCO. The lowest BCUT2D eigenvalue weighted by molar-refractivity contribution is -0.877. The Morgan fingerprint density at radius 2 is 2.12 bits per heavy atom. The van der Waals surface area contributed by atoms with E-state index in [1.165, 1.54) is 4.90 Å². The van der Waals surface area contributed by atoms with Crippen molar-refractivity contribution in [2.75, 3.05) is 26.7 Å². The van der Waals surface area contributed by atoms with E-state index in [-0.39, 0.29) is 0 Å². The molecular weight excluding hydrogens is 102 g/mol. The molecule has 0 radical (unpaired) electrons. The van der Waals surface area contributed by atoms with Gasteiger partial charge in [0.25, 0.3) is 0 Å². The Morgan fingerprint density at radius 3 is 2.50 bits per heavy atom. The van der Waals surface area contributed by atoms with E-state index in [0.29, 0.717) is 6.61 Å². The average Bonchev–Trinajstić information content (AvgIpc) is 1.83. The van der Waals surface area contributed by atoms with E-state index < -0.39 is 0 Å². The van der Waals surface area contributed by atoms with E-state index in [2.05, 4.69) is 14.0 Å². The first-order valence-corrected chi connectivity index (χ1v) is 3.23. The van der Waals surface area contributed by atoms with Gasteiger partial charge in [-0.25, -0.2) is 0 Å². The Morgan fingerprint density at radius 1 is 1.50 bits per heavy atom. The fourth-order valence-electron chi connectivity index (χ4n) is 0.558. The van der Waals surface area contributed by atoms with Gasteiger partial charge in [-0.3, -0.25) is 0 Å². The molecule has 8 heavy (non-hydrogen) atoms. The van der Waals surface area contributed by atoms with Gasteiger partial charge in [-0.15, -0.1) is 0 Å². The minimum Gasteiger partial charge on any atom is -0.396 e. The molecule has 0 heterocycles. The summed E-state index contributed by atoms with van der Waals surface area (Å²) in [6.07, 6.45) is 0.930. The van der Waals surface area contributed by atoms with Crippen molar-refractivity contribution in [2.45, 2.75) is 13.3 Å². The van der Waals surface area contributed by atoms with Crippen molar-refractivity contribution in [3.05, 3.63) is 0 Å². The fraction of sp³-hybridized carbons (Fsp3) is 1.00. The van der Waals surface area contributed by atoms with Gasteiger partial charge in [-0.2, -0.15) is 0 Å². The van der Waals surface area contributed by atoms with Gasteiger partial charge in [0, 0.05) is 13.0 Å². The number of aliphatic hydroxyl groups excluding tert-OH is 1. The minimum absolute atomic E-state index is 0.331. The van der Waals surface area contributed by atoms with E-state index >= 15 is 0 Å². The second-order valence-electron chi connectivity index (χ2n) is 2.14. The quantitative estimate of drug-likeness (QED) is 0.481. The molecule has 2 nitrogen and oxygen atoms in total. The Kier molecular flexibility index (Phi) is 5.01. The highest BCUT2D eigenvalue weighted by atomic mass is 16.3. The van der Waals surface area contributed by atoms with Crippen LogP contribution in [0.25, 0.3) is 0 Å². The van der Waals surface area contributed by atoms with Gasteiger partial charge in [0.15, 0.2) is 0 Å². The molecule has 0 rings (SSSR count). The smallest absolute Gasteiger partial charge is 0.0791 e. The molecule has 2 heteroatoms. The normalized spacial score (nSPS) is 13.9. The Balaban J connectivity index is 2.86. The first-order valence-electron chi connectivity index (χ1n) is 3.23. The monoisotopic (exact) mass is 118 g/mol. The molecule has 0 saturated carbocycles. The van der Waals surface area contributed by atoms with Crippen LogP contribution in [0.4, 0.5) is 0 Å². The second-order valence-corrected chi connectivity index (χ2v) is 2.14. The summed E-state index contributed by atoms with van der Waals surface area (Å²) >= 11 is 0. The summed E-state index contributed by atoms with van der Waals surface area (Å²) in [7, 11) is 2.13. The van der Waals surface area contributed by atoms with Gasteiger partial charge in [0.05, 0.1) is 20.1 Å². The van der Waals surface area contributed by atoms with Crippen LogP contribution in [0.15, 0.2) is 0 Å². The molecule has 0 aromatic carbocycles. The summed E-state index contributed by atoms with van der Waals surface area (Å²) in [5, 5.41) is 8.40. The molecule has 0 aromatic rings. The molecule has 1 unspecified atom stereocenters. The Hall–Kier alpha value is -0.0800. The summed E-state index contributed by atoms with van der Waals surface area (Å²) in [6, 6.07) is 0. The Bertz CT molecular complexity index is 47.8. The molecule has 0 aromatic heterocycles. The van der Waals surface area contributed by atoms with Gasteiger partial charge in [-0.05, 0) is 6.92 Å². The van der Waals surface area contributed by atoms with Crippen LogP contribution in [0.2, 0.25) is 0 Å². The number of aliphatic hydroxyl groups is 1. The maximum atomic E-state index is 8.40. The van der Waals surface area contributed by atoms with Crippen LogP contribution in [0.3, 0.4) is 0 Å².